The number of benzene rings is 2. The summed E-state index contributed by atoms with van der Waals surface area (Å²) in [5, 5.41) is 0. The molecule has 0 unspecified atom stereocenters. The Morgan fingerprint density at radius 1 is 1.00 bits per heavy atom. The first-order valence-corrected chi connectivity index (χ1v) is 7.07. The molecule has 0 N–H and O–H groups in total. The molecule has 21 heavy (non-hydrogen) atoms. The van der Waals surface area contributed by atoms with Crippen LogP contribution < -0.4 is 9.47 Å². The van der Waals surface area contributed by atoms with Crippen LogP contribution in [0.4, 0.5) is 0 Å². The molecule has 0 fully saturated rings. The third kappa shape index (κ3) is 3.85. The van der Waals surface area contributed by atoms with Crippen molar-refractivity contribution < 1.29 is 14.3 Å². The molecule has 3 nitrogen and oxygen atoms in total. The maximum absolute atomic E-state index is 12.3. The Balaban J connectivity index is 2.07. The lowest BCUT2D eigenvalue weighted by Gasteiger charge is -2.12. The molecule has 0 spiro atoms. The van der Waals surface area contributed by atoms with E-state index in [0.29, 0.717) is 23.7 Å². The average molecular weight is 284 g/mol. The lowest BCUT2D eigenvalue weighted by atomic mass is 10.0. The number of rotatable bonds is 6. The number of Topliss-reactive ketones (excluding diaryl/α,β-unsaturated/α-hetero) is 1. The van der Waals surface area contributed by atoms with Gasteiger partial charge in [-0.1, -0.05) is 35.9 Å². The number of hydrogen-bond donors (Lipinski definition) is 0. The Labute approximate surface area is 125 Å². The van der Waals surface area contributed by atoms with Crippen molar-refractivity contribution >= 4 is 5.78 Å². The summed E-state index contributed by atoms with van der Waals surface area (Å²) in [7, 11) is 0. The number of hydrogen-bond acceptors (Lipinski definition) is 3. The third-order valence-corrected chi connectivity index (χ3v) is 3.19. The van der Waals surface area contributed by atoms with Crippen LogP contribution in [0.25, 0.3) is 0 Å². The van der Waals surface area contributed by atoms with Crippen LogP contribution in [-0.4, -0.2) is 19.0 Å². The van der Waals surface area contributed by atoms with Gasteiger partial charge in [0.15, 0.2) is 23.9 Å². The fourth-order valence-electron chi connectivity index (χ4n) is 2.19. The van der Waals surface area contributed by atoms with Crippen molar-refractivity contribution in [1.82, 2.24) is 0 Å². The zero-order chi connectivity index (χ0) is 15.2. The van der Waals surface area contributed by atoms with E-state index in [1.165, 1.54) is 0 Å². The number of carbonyl (C=O) groups is 1. The predicted molar refractivity (Wildman–Crippen MR) is 83.4 cm³/mol. The van der Waals surface area contributed by atoms with Gasteiger partial charge < -0.3 is 9.47 Å². The highest BCUT2D eigenvalue weighted by Gasteiger charge is 2.11. The molecule has 0 aromatic heterocycles. The van der Waals surface area contributed by atoms with Crippen LogP contribution in [0, 0.1) is 13.8 Å². The second-order valence-electron chi connectivity index (χ2n) is 4.91. The summed E-state index contributed by atoms with van der Waals surface area (Å²) in [6.45, 7) is 6.43. The van der Waals surface area contributed by atoms with Crippen LogP contribution >= 0.6 is 0 Å². The van der Waals surface area contributed by atoms with Crippen molar-refractivity contribution in [3.05, 3.63) is 59.2 Å². The van der Waals surface area contributed by atoms with Crippen molar-refractivity contribution in [1.29, 1.82) is 0 Å². The van der Waals surface area contributed by atoms with E-state index in [4.69, 9.17) is 9.47 Å². The number of para-hydroxylation sites is 2. The van der Waals surface area contributed by atoms with Gasteiger partial charge in [0.2, 0.25) is 0 Å². The summed E-state index contributed by atoms with van der Waals surface area (Å²) in [4.78, 5) is 12.3. The van der Waals surface area contributed by atoms with Gasteiger partial charge in [-0.05, 0) is 38.5 Å². The van der Waals surface area contributed by atoms with Gasteiger partial charge in [-0.2, -0.15) is 0 Å². The molecule has 0 aliphatic rings. The summed E-state index contributed by atoms with van der Waals surface area (Å²) >= 11 is 0. The molecular weight excluding hydrogens is 264 g/mol. The summed E-state index contributed by atoms with van der Waals surface area (Å²) in [5.74, 6) is 1.23. The molecule has 0 radical (unpaired) electrons. The zero-order valence-electron chi connectivity index (χ0n) is 12.7. The maximum Gasteiger partial charge on any atom is 0.200 e. The Bertz CT molecular complexity index is 632. The molecule has 0 aliphatic heterocycles. The van der Waals surface area contributed by atoms with Crippen molar-refractivity contribution in [2.75, 3.05) is 13.2 Å². The van der Waals surface area contributed by atoms with Gasteiger partial charge in [-0.15, -0.1) is 0 Å². The van der Waals surface area contributed by atoms with E-state index in [2.05, 4.69) is 0 Å². The molecule has 2 aromatic carbocycles. The van der Waals surface area contributed by atoms with Gasteiger partial charge in [0, 0.05) is 5.56 Å². The first kappa shape index (κ1) is 15.1. The van der Waals surface area contributed by atoms with Gasteiger partial charge >= 0.3 is 0 Å². The predicted octanol–water partition coefficient (Wildman–Crippen LogP) is 3.96. The Kier molecular flexibility index (Phi) is 4.99. The lowest BCUT2D eigenvalue weighted by Crippen LogP contribution is -2.13. The minimum atomic E-state index is -0.0289. The highest BCUT2D eigenvalue weighted by Crippen LogP contribution is 2.26. The second kappa shape index (κ2) is 6.93. The monoisotopic (exact) mass is 284 g/mol. The van der Waals surface area contributed by atoms with Crippen LogP contribution in [0.2, 0.25) is 0 Å². The highest BCUT2D eigenvalue weighted by atomic mass is 16.5. The van der Waals surface area contributed by atoms with E-state index >= 15 is 0 Å². The molecule has 3 heteroatoms. The van der Waals surface area contributed by atoms with Crippen molar-refractivity contribution in [2.45, 2.75) is 20.8 Å². The van der Waals surface area contributed by atoms with Crippen molar-refractivity contribution in [3.63, 3.8) is 0 Å². The molecule has 2 rings (SSSR count). The first-order chi connectivity index (χ1) is 10.1. The number of ketones is 1. The van der Waals surface area contributed by atoms with E-state index in [0.717, 1.165) is 11.1 Å². The smallest absolute Gasteiger partial charge is 0.200 e. The molecule has 0 aliphatic carbocycles. The Hall–Kier alpha value is -2.29. The quantitative estimate of drug-likeness (QED) is 0.753. The number of aryl methyl sites for hydroxylation is 2. The van der Waals surface area contributed by atoms with Crippen LogP contribution in [-0.2, 0) is 0 Å². The van der Waals surface area contributed by atoms with Crippen molar-refractivity contribution in [3.8, 4) is 11.5 Å². The normalized spacial score (nSPS) is 10.2. The molecule has 0 heterocycles. The van der Waals surface area contributed by atoms with Crippen LogP contribution in [0.5, 0.6) is 11.5 Å². The molecule has 0 bridgehead atoms. The highest BCUT2D eigenvalue weighted by molar-refractivity contribution is 5.98. The molecular formula is C18H20O3. The van der Waals surface area contributed by atoms with E-state index in [-0.39, 0.29) is 12.4 Å². The van der Waals surface area contributed by atoms with Crippen LogP contribution in [0.3, 0.4) is 0 Å². The second-order valence-corrected chi connectivity index (χ2v) is 4.91. The topological polar surface area (TPSA) is 35.5 Å². The fraction of sp³-hybridized carbons (Fsp3) is 0.278. The molecule has 0 saturated heterocycles. The summed E-state index contributed by atoms with van der Waals surface area (Å²) in [5.41, 5.74) is 2.82. The Morgan fingerprint density at radius 3 is 2.29 bits per heavy atom. The molecule has 110 valence electrons. The van der Waals surface area contributed by atoms with Gasteiger partial charge in [-0.25, -0.2) is 0 Å². The van der Waals surface area contributed by atoms with Gasteiger partial charge in [0.1, 0.15) is 0 Å². The van der Waals surface area contributed by atoms with Gasteiger partial charge in [-0.3, -0.25) is 4.79 Å². The molecule has 0 saturated carbocycles. The van der Waals surface area contributed by atoms with E-state index in [9.17, 15) is 4.79 Å². The van der Waals surface area contributed by atoms with Gasteiger partial charge in [0.05, 0.1) is 6.61 Å². The SMILES string of the molecule is CCOc1ccccc1OCC(=O)c1ccc(C)cc1C. The molecule has 0 amide bonds. The maximum atomic E-state index is 12.3. The zero-order valence-corrected chi connectivity index (χ0v) is 12.7. The molecule has 2 aromatic rings. The summed E-state index contributed by atoms with van der Waals surface area (Å²) < 4.78 is 11.1. The first-order valence-electron chi connectivity index (χ1n) is 7.07. The van der Waals surface area contributed by atoms with E-state index in [1.807, 2.05) is 57.2 Å². The number of carbonyl (C=O) groups excluding carboxylic acids is 1. The summed E-state index contributed by atoms with van der Waals surface area (Å²) in [6, 6.07) is 13.2. The average Bonchev–Trinajstić information content (AvgIpc) is 2.46. The number of ether oxygens (including phenoxy) is 2. The van der Waals surface area contributed by atoms with E-state index in [1.54, 1.807) is 6.07 Å². The van der Waals surface area contributed by atoms with E-state index < -0.39 is 0 Å². The lowest BCUT2D eigenvalue weighted by molar-refractivity contribution is 0.0918. The third-order valence-electron chi connectivity index (χ3n) is 3.19. The standard InChI is InChI=1S/C18H20O3/c1-4-20-17-7-5-6-8-18(17)21-12-16(19)15-10-9-13(2)11-14(15)3/h5-11H,4,12H2,1-3H3. The minimum absolute atomic E-state index is 0.00793. The van der Waals surface area contributed by atoms with Crippen LogP contribution in [0.15, 0.2) is 42.5 Å². The Morgan fingerprint density at radius 2 is 1.67 bits per heavy atom. The van der Waals surface area contributed by atoms with Crippen LogP contribution in [0.1, 0.15) is 28.4 Å². The molecule has 0 atom stereocenters. The largest absolute Gasteiger partial charge is 0.490 e. The summed E-state index contributed by atoms with van der Waals surface area (Å²) in [6.07, 6.45) is 0. The van der Waals surface area contributed by atoms with Gasteiger partial charge in [0.25, 0.3) is 0 Å². The van der Waals surface area contributed by atoms with Crippen molar-refractivity contribution in [2.24, 2.45) is 0 Å². The fourth-order valence-corrected chi connectivity index (χ4v) is 2.19. The minimum Gasteiger partial charge on any atom is -0.490 e.